The van der Waals surface area contributed by atoms with E-state index in [4.69, 9.17) is 12.3 Å². The van der Waals surface area contributed by atoms with Crippen LogP contribution in [-0.2, 0) is 7.05 Å². The minimum absolute atomic E-state index is 0.00543. The number of carbonyl (C=O) groups is 1. The van der Waals surface area contributed by atoms with E-state index in [1.165, 1.54) is 0 Å². The number of rotatable bonds is 3. The Hall–Kier alpha value is -4.02. The normalized spacial score (nSPS) is 13.2. The van der Waals surface area contributed by atoms with E-state index in [0.717, 1.165) is 39.2 Å². The third-order valence-corrected chi connectivity index (χ3v) is 5.50. The molecular formula is C23H18N6O. The summed E-state index contributed by atoms with van der Waals surface area (Å²) >= 11 is 0. The van der Waals surface area contributed by atoms with E-state index in [0.29, 0.717) is 11.4 Å². The van der Waals surface area contributed by atoms with Crippen LogP contribution in [0.1, 0.15) is 15.9 Å². The van der Waals surface area contributed by atoms with Crippen LogP contribution in [0.2, 0.25) is 0 Å². The molecule has 0 fully saturated rings. The molecule has 0 bridgehead atoms. The van der Waals surface area contributed by atoms with Crippen LogP contribution in [0, 0.1) is 6.57 Å². The number of carbonyl (C=O) groups excluding carboxylic acids is 1. The molecule has 0 saturated carbocycles. The first kappa shape index (κ1) is 18.0. The van der Waals surface area contributed by atoms with Crippen LogP contribution in [0.25, 0.3) is 32.7 Å². The molecule has 0 atom stereocenters. The van der Waals surface area contributed by atoms with Gasteiger partial charge in [-0.15, -0.1) is 0 Å². The number of nitrogens with zero attached hydrogens (tertiary/aromatic N) is 5. The highest BCUT2D eigenvalue weighted by Gasteiger charge is 2.23. The topological polar surface area (TPSA) is 82.0 Å². The van der Waals surface area contributed by atoms with E-state index in [9.17, 15) is 4.79 Å². The van der Waals surface area contributed by atoms with Gasteiger partial charge in [0.05, 0.1) is 23.8 Å². The summed E-state index contributed by atoms with van der Waals surface area (Å²) < 4.78 is 3.66. The molecule has 0 spiro atoms. The maximum absolute atomic E-state index is 12.3. The van der Waals surface area contributed by atoms with Crippen molar-refractivity contribution in [2.75, 3.05) is 13.1 Å². The monoisotopic (exact) mass is 394 g/mol. The van der Waals surface area contributed by atoms with E-state index in [1.54, 1.807) is 10.9 Å². The molecule has 0 radical (unpaired) electrons. The fraction of sp³-hybridized carbons (Fsp3) is 0.130. The zero-order valence-corrected chi connectivity index (χ0v) is 16.3. The number of pyridine rings is 1. The van der Waals surface area contributed by atoms with Gasteiger partial charge in [0.15, 0.2) is 5.78 Å². The van der Waals surface area contributed by atoms with Crippen molar-refractivity contribution in [2.24, 2.45) is 17.8 Å². The van der Waals surface area contributed by atoms with E-state index < -0.39 is 0 Å². The van der Waals surface area contributed by atoms with Crippen molar-refractivity contribution in [1.29, 1.82) is 0 Å². The van der Waals surface area contributed by atoms with Crippen molar-refractivity contribution in [3.8, 4) is 22.4 Å². The van der Waals surface area contributed by atoms with Crippen LogP contribution in [0.3, 0.4) is 0 Å². The average molecular weight is 394 g/mol. The lowest BCUT2D eigenvalue weighted by Crippen LogP contribution is -2.24. The van der Waals surface area contributed by atoms with Gasteiger partial charge in [-0.3, -0.25) is 18.9 Å². The number of aromatic nitrogens is 3. The molecule has 7 nitrogen and oxygen atoms in total. The second-order valence-electron chi connectivity index (χ2n) is 7.17. The maximum atomic E-state index is 12.3. The quantitative estimate of drug-likeness (QED) is 0.540. The Balaban J connectivity index is 1.73. The summed E-state index contributed by atoms with van der Waals surface area (Å²) in [5.74, 6) is 0.530. The fourth-order valence-corrected chi connectivity index (χ4v) is 4.07. The van der Waals surface area contributed by atoms with Crippen molar-refractivity contribution in [2.45, 2.75) is 0 Å². The van der Waals surface area contributed by atoms with E-state index in [-0.39, 0.29) is 18.9 Å². The van der Waals surface area contributed by atoms with Crippen molar-refractivity contribution in [3.63, 3.8) is 0 Å². The summed E-state index contributed by atoms with van der Waals surface area (Å²) in [6, 6.07) is 13.5. The fourth-order valence-electron chi connectivity index (χ4n) is 4.07. The highest BCUT2D eigenvalue weighted by atomic mass is 16.1. The Morgan fingerprint density at radius 3 is 2.80 bits per heavy atom. The number of aryl methyl sites for hydroxylation is 1. The SMILES string of the molecule is [C-]#[N+]c1c(-c2c(-c3ccc4c(c3)C(CN)=NCC4=O)cnn2C)cc2ccccn12. The number of ketones is 1. The van der Waals surface area contributed by atoms with Crippen molar-refractivity contribution in [3.05, 3.63) is 77.4 Å². The lowest BCUT2D eigenvalue weighted by molar-refractivity contribution is 0.1000. The molecular weight excluding hydrogens is 376 g/mol. The van der Waals surface area contributed by atoms with E-state index in [2.05, 4.69) is 14.9 Å². The summed E-state index contributed by atoms with van der Waals surface area (Å²) in [5.41, 5.74) is 12.4. The number of nitrogens with two attached hydrogens (primary N) is 1. The molecule has 146 valence electrons. The predicted octanol–water partition coefficient (Wildman–Crippen LogP) is 3.50. The van der Waals surface area contributed by atoms with Gasteiger partial charge in [-0.25, -0.2) is 0 Å². The molecule has 3 aromatic heterocycles. The molecule has 2 N–H and O–H groups in total. The van der Waals surface area contributed by atoms with Crippen LogP contribution in [0.15, 0.2) is 59.9 Å². The van der Waals surface area contributed by atoms with Gasteiger partial charge in [-0.2, -0.15) is 5.10 Å². The van der Waals surface area contributed by atoms with E-state index in [1.807, 2.05) is 60.1 Å². The Kier molecular flexibility index (Phi) is 4.09. The minimum Gasteiger partial charge on any atom is -0.363 e. The highest BCUT2D eigenvalue weighted by molar-refractivity contribution is 6.16. The molecule has 1 aromatic carbocycles. The lowest BCUT2D eigenvalue weighted by Gasteiger charge is -2.16. The standard InChI is InChI=1S/C23H18N6O/c1-25-23-18(10-15-5-3-4-8-29(15)23)22-19(12-27-28(22)2)14-6-7-16-17(9-14)20(11-24)26-13-21(16)30/h3-10,12H,11,13,24H2,2H3. The Bertz CT molecular complexity index is 1400. The molecule has 7 heteroatoms. The Morgan fingerprint density at radius 1 is 1.13 bits per heavy atom. The van der Waals surface area contributed by atoms with Crippen LogP contribution in [0.5, 0.6) is 0 Å². The summed E-state index contributed by atoms with van der Waals surface area (Å²) in [4.78, 5) is 20.4. The van der Waals surface area contributed by atoms with E-state index >= 15 is 0 Å². The molecule has 0 aliphatic carbocycles. The third-order valence-electron chi connectivity index (χ3n) is 5.50. The number of fused-ring (bicyclic) bond motifs is 2. The Morgan fingerprint density at radius 2 is 2.00 bits per heavy atom. The summed E-state index contributed by atoms with van der Waals surface area (Å²) in [5, 5.41) is 4.46. The first-order chi connectivity index (χ1) is 14.6. The van der Waals surface area contributed by atoms with Gasteiger partial charge in [0.25, 0.3) is 0 Å². The molecule has 0 amide bonds. The zero-order valence-electron chi connectivity index (χ0n) is 16.3. The van der Waals surface area contributed by atoms with Gasteiger partial charge in [0.1, 0.15) is 12.1 Å². The molecule has 1 aliphatic heterocycles. The smallest absolute Gasteiger partial charge is 0.244 e. The van der Waals surface area contributed by atoms with Gasteiger partial charge in [0, 0.05) is 35.8 Å². The third kappa shape index (κ3) is 2.59. The molecule has 4 aromatic rings. The molecule has 30 heavy (non-hydrogen) atoms. The number of Topliss-reactive ketones (excluding diaryl/α,β-unsaturated/α-hetero) is 1. The molecule has 5 rings (SSSR count). The summed E-state index contributed by atoms with van der Waals surface area (Å²) in [7, 11) is 1.86. The van der Waals surface area contributed by atoms with Crippen molar-refractivity contribution in [1.82, 2.24) is 14.2 Å². The highest BCUT2D eigenvalue weighted by Crippen LogP contribution is 2.40. The van der Waals surface area contributed by atoms with Gasteiger partial charge in [-0.05, 0) is 29.8 Å². The number of hydrogen-bond acceptors (Lipinski definition) is 4. The molecule has 1 aliphatic rings. The van der Waals surface area contributed by atoms with Crippen LogP contribution < -0.4 is 5.73 Å². The first-order valence-electron chi connectivity index (χ1n) is 9.53. The van der Waals surface area contributed by atoms with Crippen molar-refractivity contribution < 1.29 is 4.79 Å². The van der Waals surface area contributed by atoms with Crippen LogP contribution in [0.4, 0.5) is 5.82 Å². The zero-order chi connectivity index (χ0) is 20.8. The number of hydrogen-bond donors (Lipinski definition) is 1. The van der Waals surface area contributed by atoms with Crippen LogP contribution >= 0.6 is 0 Å². The van der Waals surface area contributed by atoms with Gasteiger partial charge in [0.2, 0.25) is 5.82 Å². The maximum Gasteiger partial charge on any atom is 0.244 e. The number of benzene rings is 1. The molecule has 0 unspecified atom stereocenters. The molecule has 0 saturated heterocycles. The Labute approximate surface area is 172 Å². The average Bonchev–Trinajstić information content (AvgIpc) is 3.33. The van der Waals surface area contributed by atoms with Crippen molar-refractivity contribution >= 4 is 22.8 Å². The predicted molar refractivity (Wildman–Crippen MR) is 116 cm³/mol. The first-order valence-corrected chi connectivity index (χ1v) is 9.53. The minimum atomic E-state index is -0.00543. The van der Waals surface area contributed by atoms with Gasteiger partial charge >= 0.3 is 0 Å². The van der Waals surface area contributed by atoms with Gasteiger partial charge < -0.3 is 10.6 Å². The number of aliphatic imine (C=N–C) groups is 1. The largest absolute Gasteiger partial charge is 0.363 e. The van der Waals surface area contributed by atoms with Gasteiger partial charge in [-0.1, -0.05) is 24.8 Å². The molecule has 4 heterocycles. The second kappa shape index (κ2) is 6.79. The lowest BCUT2D eigenvalue weighted by atomic mass is 9.92. The summed E-state index contributed by atoms with van der Waals surface area (Å²) in [6.07, 6.45) is 3.67. The second-order valence-corrected chi connectivity index (χ2v) is 7.17. The summed E-state index contributed by atoms with van der Waals surface area (Å²) in [6.45, 7) is 8.15. The van der Waals surface area contributed by atoms with Crippen LogP contribution in [-0.4, -0.2) is 38.8 Å².